The van der Waals surface area contributed by atoms with Crippen LogP contribution in [-0.2, 0) is 4.79 Å². The third kappa shape index (κ3) is 3.49. The lowest BCUT2D eigenvalue weighted by molar-refractivity contribution is -0.122. The molecule has 1 unspecified atom stereocenters. The molecule has 2 N–H and O–H groups in total. The summed E-state index contributed by atoms with van der Waals surface area (Å²) in [5, 5.41) is 6.39. The summed E-state index contributed by atoms with van der Waals surface area (Å²) in [5.74, 6) is 0.934. The summed E-state index contributed by atoms with van der Waals surface area (Å²) in [6.07, 6.45) is 8.39. The molecule has 0 aromatic rings. The number of hydrogen-bond acceptors (Lipinski definition) is 2. The molecule has 1 amide bonds. The molecule has 1 saturated carbocycles. The quantitative estimate of drug-likeness (QED) is 0.740. The molecule has 2 fully saturated rings. The highest BCUT2D eigenvalue weighted by molar-refractivity contribution is 5.76. The van der Waals surface area contributed by atoms with E-state index >= 15 is 0 Å². The number of carbonyl (C=O) groups excluding carboxylic acids is 1. The number of carbonyl (C=O) groups is 1. The van der Waals surface area contributed by atoms with Crippen LogP contribution in [0.15, 0.2) is 0 Å². The number of rotatable bonds is 3. The van der Waals surface area contributed by atoms with Crippen LogP contribution in [-0.4, -0.2) is 25.0 Å². The Morgan fingerprint density at radius 3 is 2.67 bits per heavy atom. The van der Waals surface area contributed by atoms with E-state index in [-0.39, 0.29) is 5.91 Å². The molecule has 15 heavy (non-hydrogen) atoms. The molecule has 0 aromatic heterocycles. The smallest absolute Gasteiger partial charge is 0.220 e. The Morgan fingerprint density at radius 1 is 1.20 bits per heavy atom. The van der Waals surface area contributed by atoms with Crippen molar-refractivity contribution in [3.63, 3.8) is 0 Å². The van der Waals surface area contributed by atoms with Gasteiger partial charge in [-0.3, -0.25) is 4.79 Å². The first kappa shape index (κ1) is 10.9. The zero-order valence-electron chi connectivity index (χ0n) is 9.43. The van der Waals surface area contributed by atoms with E-state index in [1.54, 1.807) is 0 Å². The first-order valence-electron chi connectivity index (χ1n) is 6.34. The fourth-order valence-electron chi connectivity index (χ4n) is 2.72. The molecule has 3 heteroatoms. The second kappa shape index (κ2) is 5.50. The van der Waals surface area contributed by atoms with Crippen molar-refractivity contribution in [2.45, 2.75) is 51.0 Å². The monoisotopic (exact) mass is 210 g/mol. The lowest BCUT2D eigenvalue weighted by Gasteiger charge is -2.21. The van der Waals surface area contributed by atoms with Gasteiger partial charge in [-0.1, -0.05) is 19.3 Å². The summed E-state index contributed by atoms with van der Waals surface area (Å²) in [4.78, 5) is 11.7. The topological polar surface area (TPSA) is 41.1 Å². The summed E-state index contributed by atoms with van der Waals surface area (Å²) in [7, 11) is 0. The minimum atomic E-state index is 0.274. The molecule has 86 valence electrons. The fourth-order valence-corrected chi connectivity index (χ4v) is 2.72. The maximum atomic E-state index is 11.7. The van der Waals surface area contributed by atoms with E-state index in [4.69, 9.17) is 0 Å². The van der Waals surface area contributed by atoms with E-state index in [2.05, 4.69) is 10.6 Å². The van der Waals surface area contributed by atoms with Crippen molar-refractivity contribution < 1.29 is 4.79 Å². The molecule has 1 heterocycles. The van der Waals surface area contributed by atoms with Crippen molar-refractivity contribution in [3.8, 4) is 0 Å². The van der Waals surface area contributed by atoms with Crippen LogP contribution in [0.5, 0.6) is 0 Å². The zero-order valence-corrected chi connectivity index (χ0v) is 9.43. The SMILES string of the molecule is O=C(CC1CCCCC1)NC1CCNC1. The molecule has 2 rings (SSSR count). The van der Waals surface area contributed by atoms with Gasteiger partial charge in [0.2, 0.25) is 5.91 Å². The van der Waals surface area contributed by atoms with Gasteiger partial charge in [0.25, 0.3) is 0 Å². The maximum absolute atomic E-state index is 11.7. The molecule has 0 radical (unpaired) electrons. The molecule has 0 aromatic carbocycles. The van der Waals surface area contributed by atoms with Crippen LogP contribution in [0.3, 0.4) is 0 Å². The zero-order chi connectivity index (χ0) is 10.5. The predicted octanol–water partition coefficient (Wildman–Crippen LogP) is 1.43. The largest absolute Gasteiger partial charge is 0.352 e. The van der Waals surface area contributed by atoms with Crippen molar-refractivity contribution in [2.75, 3.05) is 13.1 Å². The summed E-state index contributed by atoms with van der Waals surface area (Å²) in [6, 6.07) is 0.390. The average molecular weight is 210 g/mol. The maximum Gasteiger partial charge on any atom is 0.220 e. The van der Waals surface area contributed by atoms with Crippen LogP contribution in [0, 0.1) is 5.92 Å². The van der Waals surface area contributed by atoms with Crippen molar-refractivity contribution in [1.82, 2.24) is 10.6 Å². The molecule has 1 aliphatic carbocycles. The van der Waals surface area contributed by atoms with Gasteiger partial charge in [-0.25, -0.2) is 0 Å². The molecule has 1 atom stereocenters. The minimum Gasteiger partial charge on any atom is -0.352 e. The van der Waals surface area contributed by atoms with Gasteiger partial charge in [0, 0.05) is 19.0 Å². The van der Waals surface area contributed by atoms with Gasteiger partial charge < -0.3 is 10.6 Å². The van der Waals surface area contributed by atoms with E-state index in [1.165, 1.54) is 32.1 Å². The summed E-state index contributed by atoms with van der Waals surface area (Å²) < 4.78 is 0. The summed E-state index contributed by atoms with van der Waals surface area (Å²) in [5.41, 5.74) is 0. The third-order valence-electron chi connectivity index (χ3n) is 3.62. The van der Waals surface area contributed by atoms with Gasteiger partial charge in [0.05, 0.1) is 0 Å². The first-order valence-corrected chi connectivity index (χ1v) is 6.34. The van der Waals surface area contributed by atoms with Crippen molar-refractivity contribution in [3.05, 3.63) is 0 Å². The molecule has 1 aliphatic heterocycles. The van der Waals surface area contributed by atoms with Crippen LogP contribution >= 0.6 is 0 Å². The number of nitrogens with one attached hydrogen (secondary N) is 2. The van der Waals surface area contributed by atoms with E-state index in [0.717, 1.165) is 25.9 Å². The number of hydrogen-bond donors (Lipinski definition) is 2. The lowest BCUT2D eigenvalue weighted by atomic mass is 9.87. The predicted molar refractivity (Wildman–Crippen MR) is 60.6 cm³/mol. The Morgan fingerprint density at radius 2 is 2.00 bits per heavy atom. The first-order chi connectivity index (χ1) is 7.34. The molecule has 0 bridgehead atoms. The molecule has 1 saturated heterocycles. The van der Waals surface area contributed by atoms with Gasteiger partial charge in [-0.2, -0.15) is 0 Å². The van der Waals surface area contributed by atoms with E-state index in [9.17, 15) is 4.79 Å². The van der Waals surface area contributed by atoms with E-state index in [0.29, 0.717) is 12.0 Å². The van der Waals surface area contributed by atoms with Gasteiger partial charge in [-0.05, 0) is 31.7 Å². The fraction of sp³-hybridized carbons (Fsp3) is 0.917. The second-order valence-electron chi connectivity index (χ2n) is 4.97. The average Bonchev–Trinajstić information content (AvgIpc) is 2.71. The Balaban J connectivity index is 1.66. The van der Waals surface area contributed by atoms with Crippen LogP contribution in [0.25, 0.3) is 0 Å². The second-order valence-corrected chi connectivity index (χ2v) is 4.97. The van der Waals surface area contributed by atoms with E-state index < -0.39 is 0 Å². The van der Waals surface area contributed by atoms with Crippen molar-refractivity contribution in [2.24, 2.45) is 5.92 Å². The molecule has 3 nitrogen and oxygen atoms in total. The standard InChI is InChI=1S/C12H22N2O/c15-12(14-11-6-7-13-9-11)8-10-4-2-1-3-5-10/h10-11,13H,1-9H2,(H,14,15). The highest BCUT2D eigenvalue weighted by Gasteiger charge is 2.20. The highest BCUT2D eigenvalue weighted by Crippen LogP contribution is 2.26. The highest BCUT2D eigenvalue weighted by atomic mass is 16.1. The van der Waals surface area contributed by atoms with Crippen LogP contribution < -0.4 is 10.6 Å². The van der Waals surface area contributed by atoms with E-state index in [1.807, 2.05) is 0 Å². The normalized spacial score (nSPS) is 27.9. The van der Waals surface area contributed by atoms with Crippen LogP contribution in [0.4, 0.5) is 0 Å². The van der Waals surface area contributed by atoms with Gasteiger partial charge in [0.1, 0.15) is 0 Å². The van der Waals surface area contributed by atoms with Gasteiger partial charge >= 0.3 is 0 Å². The molecular weight excluding hydrogens is 188 g/mol. The Hall–Kier alpha value is -0.570. The molecular formula is C12H22N2O. The van der Waals surface area contributed by atoms with Gasteiger partial charge in [-0.15, -0.1) is 0 Å². The van der Waals surface area contributed by atoms with Crippen molar-refractivity contribution in [1.29, 1.82) is 0 Å². The van der Waals surface area contributed by atoms with Crippen molar-refractivity contribution >= 4 is 5.91 Å². The van der Waals surface area contributed by atoms with Crippen LogP contribution in [0.2, 0.25) is 0 Å². The molecule has 2 aliphatic rings. The third-order valence-corrected chi connectivity index (χ3v) is 3.62. The summed E-state index contributed by atoms with van der Waals surface area (Å²) >= 11 is 0. The Labute approximate surface area is 92.0 Å². The minimum absolute atomic E-state index is 0.274. The van der Waals surface area contributed by atoms with Gasteiger partial charge in [0.15, 0.2) is 0 Å². The van der Waals surface area contributed by atoms with Crippen LogP contribution in [0.1, 0.15) is 44.9 Å². The Kier molecular flexibility index (Phi) is 4.01. The molecule has 0 spiro atoms. The number of amides is 1. The Bertz CT molecular complexity index is 206. The summed E-state index contributed by atoms with van der Waals surface area (Å²) in [6.45, 7) is 2.00. The lowest BCUT2D eigenvalue weighted by Crippen LogP contribution is -2.37.